The fourth-order valence-electron chi connectivity index (χ4n) is 1.33. The lowest BCUT2D eigenvalue weighted by atomic mass is 10.2. The molecule has 0 aliphatic rings. The van der Waals surface area contributed by atoms with Crippen molar-refractivity contribution < 1.29 is 14.6 Å². The monoisotopic (exact) mass is 281 g/mol. The molecular weight excluding hydrogens is 270 g/mol. The number of primary amides is 1. The number of anilines is 1. The molecule has 0 heterocycles. The molecule has 0 radical (unpaired) electrons. The number of carbonyl (C=O) groups excluding carboxylic acids is 1. The summed E-state index contributed by atoms with van der Waals surface area (Å²) in [7, 11) is 0. The first-order chi connectivity index (χ1) is 9.31. The number of nitrogens with zero attached hydrogens (tertiary/aromatic N) is 3. The highest BCUT2D eigenvalue weighted by Gasteiger charge is 2.19. The molecule has 1 rings (SSSR count). The first-order valence-corrected chi connectivity index (χ1v) is 5.31. The van der Waals surface area contributed by atoms with E-state index in [1.807, 2.05) is 0 Å². The van der Waals surface area contributed by atoms with Crippen molar-refractivity contribution in [3.05, 3.63) is 38.4 Å². The molecule has 20 heavy (non-hydrogen) atoms. The van der Waals surface area contributed by atoms with Crippen LogP contribution in [0, 0.1) is 20.2 Å². The SMILES string of the molecule is C/C(CC(N)=O)=N\Nc1ccc([N+](=O)[O-])cc1[N+](=O)[O-]. The molecule has 0 spiro atoms. The van der Waals surface area contributed by atoms with E-state index in [1.165, 1.54) is 6.92 Å². The van der Waals surface area contributed by atoms with Gasteiger partial charge in [-0.2, -0.15) is 5.10 Å². The summed E-state index contributed by atoms with van der Waals surface area (Å²) in [5.41, 5.74) is 6.75. The van der Waals surface area contributed by atoms with Gasteiger partial charge in [0.25, 0.3) is 5.69 Å². The number of carbonyl (C=O) groups is 1. The standard InChI is InChI=1S/C10H11N5O5/c1-6(4-10(11)16)12-13-8-3-2-7(14(17)18)5-9(8)15(19)20/h2-3,5,13H,4H2,1H3,(H2,11,16)/b12-6+. The van der Waals surface area contributed by atoms with Crippen LogP contribution in [0.5, 0.6) is 0 Å². The molecule has 0 saturated heterocycles. The predicted octanol–water partition coefficient (Wildman–Crippen LogP) is 1.17. The lowest BCUT2D eigenvalue weighted by molar-refractivity contribution is -0.393. The Morgan fingerprint density at radius 1 is 1.35 bits per heavy atom. The molecule has 10 heteroatoms. The van der Waals surface area contributed by atoms with Crippen molar-refractivity contribution in [3.8, 4) is 0 Å². The molecule has 10 nitrogen and oxygen atoms in total. The maximum atomic E-state index is 10.8. The number of nitro benzene ring substituents is 2. The Kier molecular flexibility index (Phi) is 4.67. The smallest absolute Gasteiger partial charge is 0.301 e. The van der Waals surface area contributed by atoms with Gasteiger partial charge in [0, 0.05) is 11.8 Å². The number of non-ortho nitro benzene ring substituents is 1. The van der Waals surface area contributed by atoms with Crippen molar-refractivity contribution in [3.63, 3.8) is 0 Å². The van der Waals surface area contributed by atoms with Crippen LogP contribution < -0.4 is 11.2 Å². The number of nitrogens with two attached hydrogens (primary N) is 1. The predicted molar refractivity (Wildman–Crippen MR) is 70.3 cm³/mol. The summed E-state index contributed by atoms with van der Waals surface area (Å²) in [6.07, 6.45) is -0.103. The van der Waals surface area contributed by atoms with Crippen LogP contribution in [-0.4, -0.2) is 21.5 Å². The Labute approximate surface area is 112 Å². The van der Waals surface area contributed by atoms with E-state index in [-0.39, 0.29) is 12.1 Å². The molecule has 0 fully saturated rings. The molecule has 0 atom stereocenters. The highest BCUT2D eigenvalue weighted by molar-refractivity contribution is 5.99. The van der Waals surface area contributed by atoms with E-state index in [4.69, 9.17) is 5.73 Å². The maximum Gasteiger partial charge on any atom is 0.301 e. The number of hydrogen-bond acceptors (Lipinski definition) is 7. The molecule has 0 bridgehead atoms. The second kappa shape index (κ2) is 6.22. The first kappa shape index (κ1) is 15.0. The number of nitro groups is 2. The molecular formula is C10H11N5O5. The molecule has 106 valence electrons. The van der Waals surface area contributed by atoms with E-state index in [9.17, 15) is 25.0 Å². The quantitative estimate of drug-likeness (QED) is 0.453. The van der Waals surface area contributed by atoms with Gasteiger partial charge in [-0.25, -0.2) is 0 Å². The molecule has 0 aromatic heterocycles. The van der Waals surface area contributed by atoms with E-state index in [0.29, 0.717) is 5.71 Å². The maximum absolute atomic E-state index is 10.8. The van der Waals surface area contributed by atoms with Crippen molar-refractivity contribution >= 4 is 28.7 Å². The van der Waals surface area contributed by atoms with Crippen molar-refractivity contribution in [2.75, 3.05) is 5.43 Å². The fourth-order valence-corrected chi connectivity index (χ4v) is 1.33. The van der Waals surface area contributed by atoms with Crippen LogP contribution in [0.4, 0.5) is 17.1 Å². The molecule has 1 aromatic rings. The highest BCUT2D eigenvalue weighted by atomic mass is 16.6. The van der Waals surface area contributed by atoms with E-state index in [2.05, 4.69) is 10.5 Å². The summed E-state index contributed by atoms with van der Waals surface area (Å²) in [4.78, 5) is 30.5. The number of hydrogen-bond donors (Lipinski definition) is 2. The Hall–Kier alpha value is -3.04. The summed E-state index contributed by atoms with van der Waals surface area (Å²) >= 11 is 0. The van der Waals surface area contributed by atoms with Crippen molar-refractivity contribution in [1.82, 2.24) is 0 Å². The Morgan fingerprint density at radius 3 is 2.50 bits per heavy atom. The van der Waals surface area contributed by atoms with Crippen LogP contribution in [-0.2, 0) is 4.79 Å². The molecule has 3 N–H and O–H groups in total. The third kappa shape index (κ3) is 4.01. The molecule has 0 unspecified atom stereocenters. The second-order valence-electron chi connectivity index (χ2n) is 3.82. The van der Waals surface area contributed by atoms with Gasteiger partial charge in [0.2, 0.25) is 5.91 Å². The average Bonchev–Trinajstić information content (AvgIpc) is 2.35. The number of rotatable bonds is 6. The van der Waals surface area contributed by atoms with Crippen LogP contribution in [0.2, 0.25) is 0 Å². The summed E-state index contributed by atoms with van der Waals surface area (Å²) in [6.45, 7) is 1.51. The third-order valence-electron chi connectivity index (χ3n) is 2.19. The lowest BCUT2D eigenvalue weighted by Gasteiger charge is -2.03. The molecule has 0 saturated carbocycles. The number of nitrogens with one attached hydrogen (secondary N) is 1. The van der Waals surface area contributed by atoms with E-state index in [1.54, 1.807) is 0 Å². The van der Waals surface area contributed by atoms with Crippen LogP contribution in [0.1, 0.15) is 13.3 Å². The minimum absolute atomic E-state index is 0.0237. The van der Waals surface area contributed by atoms with Gasteiger partial charge in [-0.1, -0.05) is 0 Å². The van der Waals surface area contributed by atoms with Gasteiger partial charge in [0.1, 0.15) is 5.69 Å². The number of amides is 1. The zero-order valence-corrected chi connectivity index (χ0v) is 10.4. The summed E-state index contributed by atoms with van der Waals surface area (Å²) in [5, 5.41) is 25.1. The third-order valence-corrected chi connectivity index (χ3v) is 2.19. The number of benzene rings is 1. The highest BCUT2D eigenvalue weighted by Crippen LogP contribution is 2.28. The fraction of sp³-hybridized carbons (Fsp3) is 0.200. The van der Waals surface area contributed by atoms with Gasteiger partial charge in [0.05, 0.1) is 22.3 Å². The van der Waals surface area contributed by atoms with Gasteiger partial charge in [-0.3, -0.25) is 30.4 Å². The van der Waals surface area contributed by atoms with E-state index < -0.39 is 27.1 Å². The molecule has 1 amide bonds. The van der Waals surface area contributed by atoms with Crippen LogP contribution in [0.3, 0.4) is 0 Å². The topological polar surface area (TPSA) is 154 Å². The van der Waals surface area contributed by atoms with E-state index >= 15 is 0 Å². The van der Waals surface area contributed by atoms with Crippen LogP contribution in [0.15, 0.2) is 23.3 Å². The summed E-state index contributed by atoms with van der Waals surface area (Å²) in [5.74, 6) is -0.591. The lowest BCUT2D eigenvalue weighted by Crippen LogP contribution is -2.15. The van der Waals surface area contributed by atoms with Gasteiger partial charge in [-0.15, -0.1) is 0 Å². The largest absolute Gasteiger partial charge is 0.369 e. The average molecular weight is 281 g/mol. The normalized spacial score (nSPS) is 10.9. The minimum Gasteiger partial charge on any atom is -0.369 e. The van der Waals surface area contributed by atoms with Crippen LogP contribution in [0.25, 0.3) is 0 Å². The van der Waals surface area contributed by atoms with Crippen molar-refractivity contribution in [2.24, 2.45) is 10.8 Å². The van der Waals surface area contributed by atoms with Gasteiger partial charge in [0.15, 0.2) is 0 Å². The Bertz CT molecular complexity index is 598. The molecule has 0 aliphatic heterocycles. The van der Waals surface area contributed by atoms with Gasteiger partial charge >= 0.3 is 5.69 Å². The van der Waals surface area contributed by atoms with Gasteiger partial charge < -0.3 is 5.73 Å². The Morgan fingerprint density at radius 2 is 2.00 bits per heavy atom. The molecule has 0 aliphatic carbocycles. The van der Waals surface area contributed by atoms with E-state index in [0.717, 1.165) is 18.2 Å². The minimum atomic E-state index is -0.770. The van der Waals surface area contributed by atoms with Crippen molar-refractivity contribution in [2.45, 2.75) is 13.3 Å². The summed E-state index contributed by atoms with van der Waals surface area (Å²) < 4.78 is 0. The second-order valence-corrected chi connectivity index (χ2v) is 3.82. The zero-order chi connectivity index (χ0) is 15.3. The van der Waals surface area contributed by atoms with Crippen molar-refractivity contribution in [1.29, 1.82) is 0 Å². The first-order valence-electron chi connectivity index (χ1n) is 5.31. The molecule has 1 aromatic carbocycles. The summed E-state index contributed by atoms with van der Waals surface area (Å²) in [6, 6.07) is 3.09. The Balaban J connectivity index is 3.03. The number of hydrazone groups is 1. The van der Waals surface area contributed by atoms with Crippen LogP contribution >= 0.6 is 0 Å². The van der Waals surface area contributed by atoms with Gasteiger partial charge in [-0.05, 0) is 13.0 Å². The zero-order valence-electron chi connectivity index (χ0n) is 10.4.